The smallest absolute Gasteiger partial charge is 0.372 e. The van der Waals surface area contributed by atoms with Crippen LogP contribution >= 0.6 is 0 Å². The minimum Gasteiger partial charge on any atom is -0.372 e. The van der Waals surface area contributed by atoms with Gasteiger partial charge < -0.3 is 9.64 Å². The van der Waals surface area contributed by atoms with Crippen LogP contribution in [0.3, 0.4) is 0 Å². The Balaban J connectivity index is 1.92. The van der Waals surface area contributed by atoms with Crippen molar-refractivity contribution in [2.24, 2.45) is 0 Å². The summed E-state index contributed by atoms with van der Waals surface area (Å²) < 4.78 is 69.1. The van der Waals surface area contributed by atoms with E-state index in [0.717, 1.165) is 12.1 Å². The largest absolute Gasteiger partial charge is 0.416 e. The first-order valence-corrected chi connectivity index (χ1v) is 6.79. The third-order valence-corrected chi connectivity index (χ3v) is 3.52. The predicted molar refractivity (Wildman–Crippen MR) is 71.4 cm³/mol. The molecule has 1 aromatic rings. The highest BCUT2D eigenvalue weighted by Gasteiger charge is 2.31. The van der Waals surface area contributed by atoms with Crippen LogP contribution < -0.4 is 0 Å². The molecule has 1 saturated heterocycles. The Morgan fingerprint density at radius 3 is 2.65 bits per heavy atom. The van der Waals surface area contributed by atoms with Crippen LogP contribution in [0, 0.1) is 5.82 Å². The molecule has 1 heterocycles. The minimum atomic E-state index is -4.61. The summed E-state index contributed by atoms with van der Waals surface area (Å²) in [5.41, 5.74) is -1.09. The summed E-state index contributed by atoms with van der Waals surface area (Å²) in [5.74, 6) is -2.90. The highest BCUT2D eigenvalue weighted by Crippen LogP contribution is 2.30. The van der Waals surface area contributed by atoms with E-state index in [-0.39, 0.29) is 25.3 Å². The van der Waals surface area contributed by atoms with E-state index in [4.69, 9.17) is 4.74 Å². The number of alkyl halides is 3. The van der Waals surface area contributed by atoms with Gasteiger partial charge in [0.25, 0.3) is 5.91 Å². The lowest BCUT2D eigenvalue weighted by molar-refractivity contribution is -0.137. The van der Waals surface area contributed by atoms with Gasteiger partial charge in [-0.15, -0.1) is 0 Å². The van der Waals surface area contributed by atoms with Crippen molar-refractivity contribution in [2.45, 2.75) is 25.3 Å². The van der Waals surface area contributed by atoms with Crippen LogP contribution in [0.1, 0.15) is 17.5 Å². The molecule has 1 fully saturated rings. The molecule has 1 unspecified atom stereocenters. The zero-order valence-electron chi connectivity index (χ0n) is 12.0. The van der Waals surface area contributed by atoms with Crippen LogP contribution in [0.4, 0.5) is 22.0 Å². The summed E-state index contributed by atoms with van der Waals surface area (Å²) in [4.78, 5) is 12.6. The Hall–Kier alpha value is -1.96. The maximum atomic E-state index is 13.7. The number of carbonyl (C=O) groups excluding carboxylic acids is 1. The van der Waals surface area contributed by atoms with E-state index >= 15 is 0 Å². The summed E-state index contributed by atoms with van der Waals surface area (Å²) in [6.45, 7) is 3.10. The number of amides is 1. The van der Waals surface area contributed by atoms with Crippen molar-refractivity contribution < 1.29 is 31.5 Å². The SMILES string of the molecule is C=C(F)C(=O)N1CCC(OCc2ccc(C(F)(F)F)cc2F)C1. The van der Waals surface area contributed by atoms with Gasteiger partial charge in [-0.1, -0.05) is 12.6 Å². The molecule has 2 rings (SSSR count). The monoisotopic (exact) mass is 335 g/mol. The fraction of sp³-hybridized carbons (Fsp3) is 0.400. The molecule has 1 amide bonds. The van der Waals surface area contributed by atoms with Crippen molar-refractivity contribution in [3.05, 3.63) is 47.5 Å². The van der Waals surface area contributed by atoms with Gasteiger partial charge in [0.05, 0.1) is 18.3 Å². The quantitative estimate of drug-likeness (QED) is 0.623. The maximum Gasteiger partial charge on any atom is 0.416 e. The first-order valence-electron chi connectivity index (χ1n) is 6.79. The molecule has 0 saturated carbocycles. The molecule has 0 spiro atoms. The zero-order valence-corrected chi connectivity index (χ0v) is 12.0. The van der Waals surface area contributed by atoms with Crippen molar-refractivity contribution in [3.8, 4) is 0 Å². The van der Waals surface area contributed by atoms with Crippen LogP contribution in [-0.2, 0) is 22.3 Å². The molecule has 1 aliphatic heterocycles. The van der Waals surface area contributed by atoms with E-state index in [1.165, 1.54) is 4.90 Å². The van der Waals surface area contributed by atoms with Crippen LogP contribution in [0.5, 0.6) is 0 Å². The average Bonchev–Trinajstić information content (AvgIpc) is 2.92. The normalized spacial score (nSPS) is 18.3. The molecule has 1 atom stereocenters. The fourth-order valence-corrected chi connectivity index (χ4v) is 2.27. The van der Waals surface area contributed by atoms with Gasteiger partial charge in [0, 0.05) is 18.7 Å². The lowest BCUT2D eigenvalue weighted by Gasteiger charge is -2.16. The van der Waals surface area contributed by atoms with E-state index in [2.05, 4.69) is 6.58 Å². The van der Waals surface area contributed by atoms with Crippen LogP contribution in [0.15, 0.2) is 30.6 Å². The van der Waals surface area contributed by atoms with Crippen LogP contribution in [-0.4, -0.2) is 30.0 Å². The summed E-state index contributed by atoms with van der Waals surface area (Å²) in [7, 11) is 0. The standard InChI is InChI=1S/C15H14F5NO2/c1-9(16)14(22)21-5-4-12(7-21)23-8-10-2-3-11(6-13(10)17)15(18,19)20/h2-3,6,12H,1,4-5,7-8H2. The van der Waals surface area contributed by atoms with Gasteiger partial charge in [-0.05, 0) is 18.6 Å². The second-order valence-electron chi connectivity index (χ2n) is 5.18. The molecule has 126 valence electrons. The molecular weight excluding hydrogens is 321 g/mol. The average molecular weight is 335 g/mol. The number of ether oxygens (including phenoxy) is 1. The van der Waals surface area contributed by atoms with E-state index in [9.17, 15) is 26.7 Å². The summed E-state index contributed by atoms with van der Waals surface area (Å²) in [5, 5.41) is 0. The number of nitrogens with zero attached hydrogens (tertiary/aromatic N) is 1. The number of rotatable bonds is 4. The van der Waals surface area contributed by atoms with Gasteiger partial charge in [0.1, 0.15) is 5.82 Å². The zero-order chi connectivity index (χ0) is 17.2. The Morgan fingerprint density at radius 1 is 1.39 bits per heavy atom. The first-order chi connectivity index (χ1) is 10.7. The molecule has 0 aromatic heterocycles. The Morgan fingerprint density at radius 2 is 2.09 bits per heavy atom. The van der Waals surface area contributed by atoms with E-state index < -0.39 is 35.4 Å². The molecule has 0 bridgehead atoms. The highest BCUT2D eigenvalue weighted by molar-refractivity contribution is 5.90. The van der Waals surface area contributed by atoms with Gasteiger partial charge in [0.15, 0.2) is 5.83 Å². The highest BCUT2D eigenvalue weighted by atomic mass is 19.4. The van der Waals surface area contributed by atoms with Gasteiger partial charge in [-0.3, -0.25) is 4.79 Å². The maximum absolute atomic E-state index is 13.7. The molecule has 1 aliphatic rings. The predicted octanol–water partition coefficient (Wildman–Crippen LogP) is 3.45. The number of benzene rings is 1. The molecule has 23 heavy (non-hydrogen) atoms. The third-order valence-electron chi connectivity index (χ3n) is 3.52. The number of likely N-dealkylation sites (tertiary alicyclic amines) is 1. The topological polar surface area (TPSA) is 29.5 Å². The fourth-order valence-electron chi connectivity index (χ4n) is 2.27. The Bertz CT molecular complexity index is 614. The number of carbonyl (C=O) groups is 1. The number of hydrogen-bond donors (Lipinski definition) is 0. The lowest BCUT2D eigenvalue weighted by Crippen LogP contribution is -2.30. The lowest BCUT2D eigenvalue weighted by atomic mass is 10.1. The van der Waals surface area contributed by atoms with Gasteiger partial charge in [-0.2, -0.15) is 13.2 Å². The first kappa shape index (κ1) is 17.4. The van der Waals surface area contributed by atoms with Crippen molar-refractivity contribution in [1.29, 1.82) is 0 Å². The molecule has 8 heteroatoms. The number of halogens is 5. The molecule has 0 aliphatic carbocycles. The van der Waals surface area contributed by atoms with Crippen molar-refractivity contribution in [1.82, 2.24) is 4.90 Å². The molecule has 0 radical (unpaired) electrons. The van der Waals surface area contributed by atoms with E-state index in [0.29, 0.717) is 12.5 Å². The second-order valence-corrected chi connectivity index (χ2v) is 5.18. The minimum absolute atomic E-state index is 0.0160. The van der Waals surface area contributed by atoms with Crippen LogP contribution in [0.2, 0.25) is 0 Å². The number of hydrogen-bond acceptors (Lipinski definition) is 2. The Labute approximate surface area is 129 Å². The molecule has 0 N–H and O–H groups in total. The van der Waals surface area contributed by atoms with E-state index in [1.807, 2.05) is 0 Å². The summed E-state index contributed by atoms with van der Waals surface area (Å²) >= 11 is 0. The van der Waals surface area contributed by atoms with E-state index in [1.54, 1.807) is 0 Å². The van der Waals surface area contributed by atoms with Gasteiger partial charge >= 0.3 is 6.18 Å². The third kappa shape index (κ3) is 4.28. The second kappa shape index (κ2) is 6.66. The van der Waals surface area contributed by atoms with Crippen LogP contribution in [0.25, 0.3) is 0 Å². The molecular formula is C15H14F5NO2. The van der Waals surface area contributed by atoms with Gasteiger partial charge in [-0.25, -0.2) is 8.78 Å². The summed E-state index contributed by atoms with van der Waals surface area (Å²) in [6.07, 6.45) is -4.61. The van der Waals surface area contributed by atoms with Crippen molar-refractivity contribution in [3.63, 3.8) is 0 Å². The Kier molecular flexibility index (Phi) is 5.03. The van der Waals surface area contributed by atoms with Crippen molar-refractivity contribution in [2.75, 3.05) is 13.1 Å². The molecule has 3 nitrogen and oxygen atoms in total. The van der Waals surface area contributed by atoms with Gasteiger partial charge in [0.2, 0.25) is 0 Å². The summed E-state index contributed by atoms with van der Waals surface area (Å²) in [6, 6.07) is 2.20. The molecule has 1 aromatic carbocycles. The van der Waals surface area contributed by atoms with Crippen molar-refractivity contribution >= 4 is 5.91 Å².